The predicted molar refractivity (Wildman–Crippen MR) is 95.8 cm³/mol. The van der Waals surface area contributed by atoms with Gasteiger partial charge >= 0.3 is 0 Å². The fraction of sp³-hybridized carbons (Fsp3) is 0.733. The van der Waals surface area contributed by atoms with Crippen LogP contribution in [0.1, 0.15) is 18.4 Å². The zero-order valence-electron chi connectivity index (χ0n) is 15.1. The molecule has 148 valence electrons. The lowest BCUT2D eigenvalue weighted by molar-refractivity contribution is -0.140. The zero-order valence-corrected chi connectivity index (χ0v) is 16.7. The summed E-state index contributed by atoms with van der Waals surface area (Å²) in [5.41, 5.74) is 0.355. The van der Waals surface area contributed by atoms with E-state index in [1.165, 1.54) is 4.31 Å². The largest absolute Gasteiger partial charge is 0.375 e. The van der Waals surface area contributed by atoms with E-state index in [0.29, 0.717) is 31.9 Å². The van der Waals surface area contributed by atoms with Crippen LogP contribution >= 0.6 is 12.4 Å². The molecular weight excluding hydrogens is 384 g/mol. The van der Waals surface area contributed by atoms with Crippen molar-refractivity contribution in [2.24, 2.45) is 0 Å². The minimum Gasteiger partial charge on any atom is -0.375 e. The maximum absolute atomic E-state index is 12.8. The molecule has 0 spiro atoms. The minimum absolute atomic E-state index is 0. The Morgan fingerprint density at radius 2 is 1.88 bits per heavy atom. The maximum atomic E-state index is 12.8. The van der Waals surface area contributed by atoms with Crippen molar-refractivity contribution < 1.29 is 22.5 Å². The number of nitrogens with zero attached hydrogens (tertiary/aromatic N) is 3. The van der Waals surface area contributed by atoms with E-state index in [1.807, 2.05) is 6.92 Å². The van der Waals surface area contributed by atoms with Crippen molar-refractivity contribution >= 4 is 28.3 Å². The number of nitrogens with one attached hydrogen (secondary N) is 1. The fourth-order valence-electron chi connectivity index (χ4n) is 3.33. The van der Waals surface area contributed by atoms with Crippen molar-refractivity contribution in [1.29, 1.82) is 0 Å². The molecule has 1 N–H and O–H groups in total. The minimum atomic E-state index is -3.67. The van der Waals surface area contributed by atoms with Gasteiger partial charge in [-0.2, -0.15) is 4.31 Å². The fourth-order valence-corrected chi connectivity index (χ4v) is 5.04. The molecule has 9 nitrogen and oxygen atoms in total. The van der Waals surface area contributed by atoms with Gasteiger partial charge in [0, 0.05) is 32.7 Å². The first-order valence-electron chi connectivity index (χ1n) is 8.39. The Morgan fingerprint density at radius 1 is 1.23 bits per heavy atom. The van der Waals surface area contributed by atoms with Crippen molar-refractivity contribution in [1.82, 2.24) is 19.7 Å². The van der Waals surface area contributed by atoms with Crippen LogP contribution < -0.4 is 5.32 Å². The van der Waals surface area contributed by atoms with Gasteiger partial charge in [0.05, 0.1) is 12.7 Å². The van der Waals surface area contributed by atoms with Gasteiger partial charge in [0.15, 0.2) is 5.76 Å². The van der Waals surface area contributed by atoms with Crippen molar-refractivity contribution in [2.45, 2.75) is 37.8 Å². The second-order valence-electron chi connectivity index (χ2n) is 6.39. The Kier molecular flexibility index (Phi) is 6.67. The smallest absolute Gasteiger partial charge is 0.248 e. The molecule has 1 aromatic heterocycles. The molecule has 1 amide bonds. The van der Waals surface area contributed by atoms with Crippen LogP contribution in [0.15, 0.2) is 9.42 Å². The third-order valence-electron chi connectivity index (χ3n) is 4.70. The lowest BCUT2D eigenvalue weighted by atomic mass is 10.1. The number of aryl methyl sites for hydroxylation is 2. The molecule has 0 radical (unpaired) electrons. The number of carbonyl (C=O) groups excluding carboxylic acids is 1. The number of aromatic nitrogens is 1. The van der Waals surface area contributed by atoms with Crippen LogP contribution in [0, 0.1) is 13.8 Å². The molecule has 1 aromatic rings. The third-order valence-corrected chi connectivity index (χ3v) is 6.84. The van der Waals surface area contributed by atoms with Gasteiger partial charge in [-0.1, -0.05) is 5.16 Å². The van der Waals surface area contributed by atoms with Gasteiger partial charge in [-0.05, 0) is 20.8 Å². The van der Waals surface area contributed by atoms with Crippen LogP contribution in [-0.2, 0) is 19.6 Å². The highest BCUT2D eigenvalue weighted by molar-refractivity contribution is 7.89. The molecule has 0 unspecified atom stereocenters. The van der Waals surface area contributed by atoms with Crippen LogP contribution in [0.25, 0.3) is 0 Å². The highest BCUT2D eigenvalue weighted by Crippen LogP contribution is 2.24. The number of ether oxygens (including phenoxy) is 1. The number of hydrogen-bond acceptors (Lipinski definition) is 7. The Morgan fingerprint density at radius 3 is 2.42 bits per heavy atom. The second-order valence-corrected chi connectivity index (χ2v) is 8.27. The summed E-state index contributed by atoms with van der Waals surface area (Å²) in [4.78, 5) is 14.5. The molecule has 0 saturated carbocycles. The van der Waals surface area contributed by atoms with Crippen LogP contribution in [0.3, 0.4) is 0 Å². The Labute approximate surface area is 159 Å². The van der Waals surface area contributed by atoms with Gasteiger partial charge in [-0.25, -0.2) is 8.42 Å². The lowest BCUT2D eigenvalue weighted by Crippen LogP contribution is -2.60. The van der Waals surface area contributed by atoms with Crippen LogP contribution in [0.4, 0.5) is 0 Å². The predicted octanol–water partition coefficient (Wildman–Crippen LogP) is -0.0770. The molecule has 26 heavy (non-hydrogen) atoms. The summed E-state index contributed by atoms with van der Waals surface area (Å²) in [5.74, 6) is 0.245. The van der Waals surface area contributed by atoms with E-state index < -0.39 is 10.0 Å². The van der Waals surface area contributed by atoms with E-state index in [2.05, 4.69) is 10.5 Å². The second kappa shape index (κ2) is 8.22. The third kappa shape index (κ3) is 3.89. The number of halogens is 1. The van der Waals surface area contributed by atoms with Gasteiger partial charge in [0.2, 0.25) is 15.9 Å². The van der Waals surface area contributed by atoms with Crippen molar-refractivity contribution in [3.63, 3.8) is 0 Å². The Bertz CT molecular complexity index is 726. The summed E-state index contributed by atoms with van der Waals surface area (Å²) in [6.07, 6.45) is -0.190. The van der Waals surface area contributed by atoms with E-state index in [1.54, 1.807) is 18.7 Å². The Balaban J connectivity index is 0.00000243. The molecular formula is C15H25ClN4O5S. The van der Waals surface area contributed by atoms with E-state index >= 15 is 0 Å². The molecule has 2 fully saturated rings. The summed E-state index contributed by atoms with van der Waals surface area (Å²) < 4.78 is 37.5. The molecule has 0 aliphatic carbocycles. The quantitative estimate of drug-likeness (QED) is 0.745. The standard InChI is InChI=1S/C15H24N4O5S.ClH/c1-10-14(12(3)24-17-10)25(21,22)19-7-5-18(6-8-19)15(20)13-11(2)23-9-4-16-13;/h11,13,16H,4-9H2,1-3H3;1H/t11-,13+;/m1./s1. The number of sulfonamides is 1. The molecule has 3 rings (SSSR count). The molecule has 0 aromatic carbocycles. The van der Waals surface area contributed by atoms with Gasteiger partial charge in [0.25, 0.3) is 0 Å². The lowest BCUT2D eigenvalue weighted by Gasteiger charge is -2.38. The van der Waals surface area contributed by atoms with Crippen molar-refractivity contribution in [2.75, 3.05) is 39.3 Å². The number of piperazine rings is 1. The summed E-state index contributed by atoms with van der Waals surface area (Å²) >= 11 is 0. The van der Waals surface area contributed by atoms with Crippen molar-refractivity contribution in [3.05, 3.63) is 11.5 Å². The number of carbonyl (C=O) groups is 1. The molecule has 2 aliphatic heterocycles. The summed E-state index contributed by atoms with van der Waals surface area (Å²) in [5, 5.41) is 6.90. The number of amides is 1. The SMILES string of the molecule is Cc1noc(C)c1S(=O)(=O)N1CCN(C(=O)[C@H]2NCCO[C@@H]2C)CC1.Cl. The highest BCUT2D eigenvalue weighted by Gasteiger charge is 2.37. The van der Waals surface area contributed by atoms with E-state index in [-0.39, 0.29) is 54.2 Å². The van der Waals surface area contributed by atoms with Crippen LogP contribution in [0.2, 0.25) is 0 Å². The monoisotopic (exact) mass is 408 g/mol. The molecule has 11 heteroatoms. The Hall–Kier alpha value is -1.20. The first-order valence-corrected chi connectivity index (χ1v) is 9.83. The average Bonchev–Trinajstić information content (AvgIpc) is 2.94. The van der Waals surface area contributed by atoms with Gasteiger partial charge in [-0.3, -0.25) is 4.79 Å². The number of hydrogen-bond donors (Lipinski definition) is 1. The maximum Gasteiger partial charge on any atom is 0.248 e. The normalized spacial score (nSPS) is 25.0. The molecule has 3 heterocycles. The van der Waals surface area contributed by atoms with Crippen LogP contribution in [0.5, 0.6) is 0 Å². The number of morpholine rings is 1. The first kappa shape index (κ1) is 21.1. The molecule has 2 atom stereocenters. The number of rotatable bonds is 3. The highest BCUT2D eigenvalue weighted by atomic mass is 35.5. The zero-order chi connectivity index (χ0) is 18.2. The summed E-state index contributed by atoms with van der Waals surface area (Å²) in [7, 11) is -3.67. The van der Waals surface area contributed by atoms with Gasteiger partial charge in [-0.15, -0.1) is 12.4 Å². The topological polar surface area (TPSA) is 105 Å². The molecule has 2 aliphatic rings. The van der Waals surface area contributed by atoms with E-state index in [9.17, 15) is 13.2 Å². The van der Waals surface area contributed by atoms with Gasteiger partial charge in [0.1, 0.15) is 16.6 Å². The van der Waals surface area contributed by atoms with Crippen LogP contribution in [-0.4, -0.2) is 80.2 Å². The molecule has 0 bridgehead atoms. The summed E-state index contributed by atoms with van der Waals surface area (Å²) in [6.45, 7) is 7.50. The average molecular weight is 409 g/mol. The van der Waals surface area contributed by atoms with E-state index in [0.717, 1.165) is 0 Å². The van der Waals surface area contributed by atoms with Gasteiger partial charge < -0.3 is 19.5 Å². The van der Waals surface area contributed by atoms with Crippen molar-refractivity contribution in [3.8, 4) is 0 Å². The van der Waals surface area contributed by atoms with E-state index in [4.69, 9.17) is 9.26 Å². The first-order chi connectivity index (χ1) is 11.8. The summed E-state index contributed by atoms with van der Waals surface area (Å²) in [6, 6.07) is -0.375. The molecule has 2 saturated heterocycles.